The van der Waals surface area contributed by atoms with Gasteiger partial charge in [0.25, 0.3) is 5.91 Å². The monoisotopic (exact) mass is 287 g/mol. The third kappa shape index (κ3) is 4.31. The van der Waals surface area contributed by atoms with Gasteiger partial charge in [-0.1, -0.05) is 30.3 Å². The van der Waals surface area contributed by atoms with Gasteiger partial charge in [0.15, 0.2) is 6.10 Å². The molecule has 1 N–H and O–H groups in total. The van der Waals surface area contributed by atoms with Crippen molar-refractivity contribution in [3.05, 3.63) is 66.0 Å². The molecule has 0 spiro atoms. The number of rotatable bonds is 5. The van der Waals surface area contributed by atoms with E-state index < -0.39 is 6.10 Å². The van der Waals surface area contributed by atoms with E-state index in [1.54, 1.807) is 6.92 Å². The zero-order chi connectivity index (χ0) is 15.2. The van der Waals surface area contributed by atoms with Gasteiger partial charge in [0.2, 0.25) is 0 Å². The van der Waals surface area contributed by atoms with E-state index in [1.807, 2.05) is 37.3 Å². The van der Waals surface area contributed by atoms with Crippen molar-refractivity contribution < 1.29 is 13.9 Å². The lowest BCUT2D eigenvalue weighted by Gasteiger charge is -2.19. The standard InChI is InChI=1S/C17H18FNO2/c1-12(14-6-4-3-5-7-14)19-17(20)13(2)21-16-10-8-15(18)9-11-16/h3-13H,1-2H3,(H,19,20)/t12-,13+/m0/s1. The van der Waals surface area contributed by atoms with E-state index in [1.165, 1.54) is 24.3 Å². The molecule has 0 bridgehead atoms. The molecule has 0 unspecified atom stereocenters. The number of halogens is 1. The van der Waals surface area contributed by atoms with Crippen LogP contribution in [0.2, 0.25) is 0 Å². The minimum Gasteiger partial charge on any atom is -0.481 e. The van der Waals surface area contributed by atoms with Gasteiger partial charge in [-0.15, -0.1) is 0 Å². The van der Waals surface area contributed by atoms with Crippen molar-refractivity contribution in [2.75, 3.05) is 0 Å². The third-order valence-electron chi connectivity index (χ3n) is 3.15. The van der Waals surface area contributed by atoms with E-state index >= 15 is 0 Å². The molecule has 2 aromatic carbocycles. The molecule has 2 rings (SSSR count). The summed E-state index contributed by atoms with van der Waals surface area (Å²) in [6, 6.07) is 15.2. The molecule has 0 heterocycles. The average molecular weight is 287 g/mol. The molecule has 0 aromatic heterocycles. The maximum atomic E-state index is 12.8. The Bertz CT molecular complexity index is 583. The summed E-state index contributed by atoms with van der Waals surface area (Å²) in [5, 5.41) is 2.89. The zero-order valence-electron chi connectivity index (χ0n) is 12.0. The molecule has 2 atom stereocenters. The molecule has 3 nitrogen and oxygen atoms in total. The van der Waals surface area contributed by atoms with E-state index in [-0.39, 0.29) is 17.8 Å². The molecule has 0 aliphatic carbocycles. The highest BCUT2D eigenvalue weighted by atomic mass is 19.1. The second-order valence-corrected chi connectivity index (χ2v) is 4.85. The molecule has 110 valence electrons. The number of nitrogens with one attached hydrogen (secondary N) is 1. The lowest BCUT2D eigenvalue weighted by atomic mass is 10.1. The topological polar surface area (TPSA) is 38.3 Å². The fourth-order valence-corrected chi connectivity index (χ4v) is 1.93. The summed E-state index contributed by atoms with van der Waals surface area (Å²) in [6.07, 6.45) is -0.651. The largest absolute Gasteiger partial charge is 0.481 e. The van der Waals surface area contributed by atoms with Crippen molar-refractivity contribution in [1.29, 1.82) is 0 Å². The summed E-state index contributed by atoms with van der Waals surface area (Å²) in [5.41, 5.74) is 1.03. The van der Waals surface area contributed by atoms with Crippen molar-refractivity contribution in [3.63, 3.8) is 0 Å². The number of carbonyl (C=O) groups excluding carboxylic acids is 1. The SMILES string of the molecule is C[C@H](NC(=O)[C@@H](C)Oc1ccc(F)cc1)c1ccccc1. The highest BCUT2D eigenvalue weighted by Gasteiger charge is 2.17. The van der Waals surface area contributed by atoms with Gasteiger partial charge in [0, 0.05) is 0 Å². The lowest BCUT2D eigenvalue weighted by Crippen LogP contribution is -2.37. The third-order valence-corrected chi connectivity index (χ3v) is 3.15. The summed E-state index contributed by atoms with van der Waals surface area (Å²) in [7, 11) is 0. The number of carbonyl (C=O) groups is 1. The Balaban J connectivity index is 1.92. The van der Waals surface area contributed by atoms with Crippen molar-refractivity contribution in [3.8, 4) is 5.75 Å². The maximum Gasteiger partial charge on any atom is 0.261 e. The molecular weight excluding hydrogens is 269 g/mol. The molecule has 0 aliphatic rings. The average Bonchev–Trinajstić information content (AvgIpc) is 2.50. The van der Waals surface area contributed by atoms with Crippen LogP contribution in [0.5, 0.6) is 5.75 Å². The van der Waals surface area contributed by atoms with Gasteiger partial charge in [-0.3, -0.25) is 4.79 Å². The van der Waals surface area contributed by atoms with Crippen LogP contribution >= 0.6 is 0 Å². The quantitative estimate of drug-likeness (QED) is 0.914. The van der Waals surface area contributed by atoms with Crippen molar-refractivity contribution >= 4 is 5.91 Å². The summed E-state index contributed by atoms with van der Waals surface area (Å²) in [4.78, 5) is 12.1. The zero-order valence-corrected chi connectivity index (χ0v) is 12.0. The van der Waals surface area contributed by atoms with E-state index in [4.69, 9.17) is 4.74 Å². The molecule has 2 aromatic rings. The van der Waals surface area contributed by atoms with Gasteiger partial charge in [-0.25, -0.2) is 4.39 Å². The van der Waals surface area contributed by atoms with Gasteiger partial charge in [-0.05, 0) is 43.7 Å². The Kier molecular flexibility index (Phi) is 4.93. The Labute approximate surface area is 123 Å². The summed E-state index contributed by atoms with van der Waals surface area (Å²) in [5.74, 6) is -0.0840. The smallest absolute Gasteiger partial charge is 0.261 e. The molecule has 0 saturated heterocycles. The first-order chi connectivity index (χ1) is 10.1. The van der Waals surface area contributed by atoms with Gasteiger partial charge in [0.05, 0.1) is 6.04 Å². The Hall–Kier alpha value is -2.36. The summed E-state index contributed by atoms with van der Waals surface area (Å²) < 4.78 is 18.3. The molecule has 4 heteroatoms. The van der Waals surface area contributed by atoms with Crippen LogP contribution in [0.25, 0.3) is 0 Å². The van der Waals surface area contributed by atoms with Crippen molar-refractivity contribution in [2.45, 2.75) is 26.0 Å². The highest BCUT2D eigenvalue weighted by molar-refractivity contribution is 5.81. The van der Waals surface area contributed by atoms with Crippen LogP contribution in [0, 0.1) is 5.82 Å². The first-order valence-corrected chi connectivity index (χ1v) is 6.84. The fraction of sp³-hybridized carbons (Fsp3) is 0.235. The Morgan fingerprint density at radius 1 is 1.05 bits per heavy atom. The molecule has 0 radical (unpaired) electrons. The fourth-order valence-electron chi connectivity index (χ4n) is 1.93. The minimum absolute atomic E-state index is 0.0991. The molecule has 1 amide bonds. The van der Waals surface area contributed by atoms with Crippen LogP contribution in [0.3, 0.4) is 0 Å². The molecule has 0 fully saturated rings. The van der Waals surface area contributed by atoms with Gasteiger partial charge in [-0.2, -0.15) is 0 Å². The Morgan fingerprint density at radius 3 is 2.29 bits per heavy atom. The van der Waals surface area contributed by atoms with E-state index in [0.717, 1.165) is 5.56 Å². The van der Waals surface area contributed by atoms with Crippen LogP contribution in [-0.4, -0.2) is 12.0 Å². The number of ether oxygens (including phenoxy) is 1. The van der Waals surface area contributed by atoms with E-state index in [0.29, 0.717) is 5.75 Å². The molecular formula is C17H18FNO2. The molecule has 21 heavy (non-hydrogen) atoms. The predicted molar refractivity (Wildman–Crippen MR) is 79.5 cm³/mol. The predicted octanol–water partition coefficient (Wildman–Crippen LogP) is 3.47. The molecule has 0 aliphatic heterocycles. The first kappa shape index (κ1) is 15.0. The second-order valence-electron chi connectivity index (χ2n) is 4.85. The second kappa shape index (κ2) is 6.88. The van der Waals surface area contributed by atoms with E-state index in [2.05, 4.69) is 5.32 Å². The number of hydrogen-bond donors (Lipinski definition) is 1. The Morgan fingerprint density at radius 2 is 1.67 bits per heavy atom. The van der Waals surface area contributed by atoms with Gasteiger partial charge >= 0.3 is 0 Å². The summed E-state index contributed by atoms with van der Waals surface area (Å²) in [6.45, 7) is 3.58. The lowest BCUT2D eigenvalue weighted by molar-refractivity contribution is -0.127. The van der Waals surface area contributed by atoms with Crippen LogP contribution in [0.4, 0.5) is 4.39 Å². The van der Waals surface area contributed by atoms with Crippen LogP contribution < -0.4 is 10.1 Å². The number of benzene rings is 2. The van der Waals surface area contributed by atoms with E-state index in [9.17, 15) is 9.18 Å². The van der Waals surface area contributed by atoms with Crippen LogP contribution in [0.15, 0.2) is 54.6 Å². The van der Waals surface area contributed by atoms with Crippen LogP contribution in [0.1, 0.15) is 25.5 Å². The number of amides is 1. The van der Waals surface area contributed by atoms with Crippen LogP contribution in [-0.2, 0) is 4.79 Å². The molecule has 0 saturated carbocycles. The van der Waals surface area contributed by atoms with Gasteiger partial charge < -0.3 is 10.1 Å². The van der Waals surface area contributed by atoms with Crippen molar-refractivity contribution in [2.24, 2.45) is 0 Å². The van der Waals surface area contributed by atoms with Crippen molar-refractivity contribution in [1.82, 2.24) is 5.32 Å². The highest BCUT2D eigenvalue weighted by Crippen LogP contribution is 2.15. The first-order valence-electron chi connectivity index (χ1n) is 6.84. The minimum atomic E-state index is -0.651. The van der Waals surface area contributed by atoms with Gasteiger partial charge in [0.1, 0.15) is 11.6 Å². The number of hydrogen-bond acceptors (Lipinski definition) is 2. The normalized spacial score (nSPS) is 13.3. The maximum absolute atomic E-state index is 12.8. The summed E-state index contributed by atoms with van der Waals surface area (Å²) >= 11 is 0.